The fourth-order valence-electron chi connectivity index (χ4n) is 3.01. The molecular formula is C15H17N5. The van der Waals surface area contributed by atoms with Gasteiger partial charge in [-0.25, -0.2) is 4.98 Å². The minimum absolute atomic E-state index is 0.504. The Hall–Kier alpha value is -2.27. The second-order valence-corrected chi connectivity index (χ2v) is 5.18. The molecule has 1 aromatic carbocycles. The van der Waals surface area contributed by atoms with Crippen molar-refractivity contribution in [3.8, 4) is 0 Å². The fourth-order valence-corrected chi connectivity index (χ4v) is 3.01. The third-order valence-corrected chi connectivity index (χ3v) is 4.09. The van der Waals surface area contributed by atoms with Crippen molar-refractivity contribution < 1.29 is 0 Å². The van der Waals surface area contributed by atoms with E-state index in [-0.39, 0.29) is 0 Å². The van der Waals surface area contributed by atoms with Gasteiger partial charge >= 0.3 is 0 Å². The molecule has 0 saturated carbocycles. The summed E-state index contributed by atoms with van der Waals surface area (Å²) in [5, 5.41) is 1.27. The largest absolute Gasteiger partial charge is 0.362 e. The van der Waals surface area contributed by atoms with E-state index >= 15 is 0 Å². The van der Waals surface area contributed by atoms with Gasteiger partial charge < -0.3 is 20.2 Å². The Labute approximate surface area is 117 Å². The molecule has 0 spiro atoms. The quantitative estimate of drug-likeness (QED) is 0.744. The Morgan fingerprint density at radius 3 is 3.05 bits per heavy atom. The Balaban J connectivity index is 1.74. The molecule has 20 heavy (non-hydrogen) atoms. The number of hydrogen-bond donors (Lipinski definition) is 2. The van der Waals surface area contributed by atoms with Gasteiger partial charge in [0.1, 0.15) is 0 Å². The first-order valence-corrected chi connectivity index (χ1v) is 6.91. The van der Waals surface area contributed by atoms with Crippen LogP contribution in [0.25, 0.3) is 10.9 Å². The molecule has 0 fully saturated rings. The van der Waals surface area contributed by atoms with E-state index in [9.17, 15) is 0 Å². The maximum absolute atomic E-state index is 5.77. The number of benzene rings is 1. The molecule has 0 unspecified atom stereocenters. The van der Waals surface area contributed by atoms with E-state index in [0.29, 0.717) is 6.54 Å². The molecule has 1 aliphatic rings. The maximum atomic E-state index is 5.77. The Bertz CT molecular complexity index is 741. The van der Waals surface area contributed by atoms with Crippen molar-refractivity contribution in [1.82, 2.24) is 14.5 Å². The SMILES string of the molecule is NCc1ncn2c1CN(c1c[nH]c3ccccc13)CC2. The van der Waals surface area contributed by atoms with E-state index < -0.39 is 0 Å². The monoisotopic (exact) mass is 267 g/mol. The third kappa shape index (κ3) is 1.63. The highest BCUT2D eigenvalue weighted by Gasteiger charge is 2.21. The highest BCUT2D eigenvalue weighted by molar-refractivity contribution is 5.92. The predicted molar refractivity (Wildman–Crippen MR) is 79.5 cm³/mol. The molecule has 5 nitrogen and oxygen atoms in total. The number of nitrogens with zero attached hydrogens (tertiary/aromatic N) is 3. The summed E-state index contributed by atoms with van der Waals surface area (Å²) in [7, 11) is 0. The van der Waals surface area contributed by atoms with Crippen LogP contribution in [0.5, 0.6) is 0 Å². The van der Waals surface area contributed by atoms with Crippen LogP contribution < -0.4 is 10.6 Å². The lowest BCUT2D eigenvalue weighted by atomic mass is 10.2. The lowest BCUT2D eigenvalue weighted by Gasteiger charge is -2.30. The van der Waals surface area contributed by atoms with Gasteiger partial charge in [-0.15, -0.1) is 0 Å². The maximum Gasteiger partial charge on any atom is 0.0953 e. The van der Waals surface area contributed by atoms with Gasteiger partial charge in [-0.1, -0.05) is 18.2 Å². The van der Waals surface area contributed by atoms with Gasteiger partial charge in [0, 0.05) is 36.7 Å². The van der Waals surface area contributed by atoms with Crippen LogP contribution in [0, 0.1) is 0 Å². The second kappa shape index (κ2) is 4.38. The van der Waals surface area contributed by atoms with E-state index in [1.807, 2.05) is 6.33 Å². The van der Waals surface area contributed by atoms with Gasteiger partial charge in [0.2, 0.25) is 0 Å². The number of imidazole rings is 1. The van der Waals surface area contributed by atoms with Crippen LogP contribution in [0.2, 0.25) is 0 Å². The van der Waals surface area contributed by atoms with Crippen LogP contribution in [-0.4, -0.2) is 21.1 Å². The first-order valence-electron chi connectivity index (χ1n) is 6.91. The van der Waals surface area contributed by atoms with Crippen LogP contribution >= 0.6 is 0 Å². The van der Waals surface area contributed by atoms with Gasteiger partial charge in [0.05, 0.1) is 29.9 Å². The number of hydrogen-bond acceptors (Lipinski definition) is 3. The number of rotatable bonds is 2. The van der Waals surface area contributed by atoms with Crippen LogP contribution in [0.15, 0.2) is 36.8 Å². The molecule has 4 rings (SSSR count). The van der Waals surface area contributed by atoms with Gasteiger partial charge in [0.15, 0.2) is 0 Å². The molecule has 0 saturated heterocycles. The average Bonchev–Trinajstić information content (AvgIpc) is 3.10. The number of nitrogens with two attached hydrogens (primary N) is 1. The molecule has 3 heterocycles. The van der Waals surface area contributed by atoms with Crippen molar-refractivity contribution in [2.45, 2.75) is 19.6 Å². The predicted octanol–water partition coefficient (Wildman–Crippen LogP) is 1.84. The molecule has 102 valence electrons. The summed E-state index contributed by atoms with van der Waals surface area (Å²) in [6.45, 7) is 3.33. The van der Waals surface area contributed by atoms with E-state index in [2.05, 4.69) is 49.9 Å². The fraction of sp³-hybridized carbons (Fsp3) is 0.267. The summed E-state index contributed by atoms with van der Waals surface area (Å²) in [6.07, 6.45) is 4.00. The van der Waals surface area contributed by atoms with Gasteiger partial charge in [-0.05, 0) is 6.07 Å². The summed E-state index contributed by atoms with van der Waals surface area (Å²) in [5.74, 6) is 0. The molecule has 1 aliphatic heterocycles. The second-order valence-electron chi connectivity index (χ2n) is 5.18. The standard InChI is InChI=1S/C15H17N5/c16-7-13-15-9-19(5-6-20(15)10-18-13)14-8-17-12-4-2-1-3-11(12)14/h1-4,8,10,17H,5-7,9,16H2. The van der Waals surface area contributed by atoms with Crippen molar-refractivity contribution in [2.24, 2.45) is 5.73 Å². The number of aromatic amines is 1. The summed E-state index contributed by atoms with van der Waals surface area (Å²) in [4.78, 5) is 10.1. The number of nitrogens with one attached hydrogen (secondary N) is 1. The minimum atomic E-state index is 0.504. The zero-order chi connectivity index (χ0) is 13.5. The smallest absolute Gasteiger partial charge is 0.0953 e. The van der Waals surface area contributed by atoms with Crippen LogP contribution in [-0.2, 0) is 19.6 Å². The van der Waals surface area contributed by atoms with Crippen LogP contribution in [0.3, 0.4) is 0 Å². The first kappa shape index (κ1) is 11.5. The van der Waals surface area contributed by atoms with E-state index in [0.717, 1.165) is 25.3 Å². The summed E-state index contributed by atoms with van der Waals surface area (Å²) >= 11 is 0. The number of para-hydroxylation sites is 1. The van der Waals surface area contributed by atoms with E-state index in [1.165, 1.54) is 22.3 Å². The molecule has 3 aromatic rings. The molecule has 0 aliphatic carbocycles. The molecular weight excluding hydrogens is 250 g/mol. The normalized spacial score (nSPS) is 14.8. The van der Waals surface area contributed by atoms with Crippen molar-refractivity contribution in [1.29, 1.82) is 0 Å². The summed E-state index contributed by atoms with van der Waals surface area (Å²) in [6, 6.07) is 8.41. The zero-order valence-corrected chi connectivity index (χ0v) is 11.2. The van der Waals surface area contributed by atoms with Crippen molar-refractivity contribution in [3.05, 3.63) is 48.2 Å². The van der Waals surface area contributed by atoms with Gasteiger partial charge in [0.25, 0.3) is 0 Å². The topological polar surface area (TPSA) is 62.9 Å². The number of H-pyrrole nitrogens is 1. The first-order chi connectivity index (χ1) is 9.86. The average molecular weight is 267 g/mol. The Morgan fingerprint density at radius 2 is 2.15 bits per heavy atom. The molecule has 5 heteroatoms. The van der Waals surface area contributed by atoms with E-state index in [1.54, 1.807) is 0 Å². The van der Waals surface area contributed by atoms with Crippen molar-refractivity contribution >= 4 is 16.6 Å². The lowest BCUT2D eigenvalue weighted by Crippen LogP contribution is -2.33. The molecule has 0 radical (unpaired) electrons. The number of anilines is 1. The summed E-state index contributed by atoms with van der Waals surface area (Å²) in [5.41, 5.74) is 10.5. The Morgan fingerprint density at radius 1 is 1.25 bits per heavy atom. The highest BCUT2D eigenvalue weighted by Crippen LogP contribution is 2.29. The highest BCUT2D eigenvalue weighted by atomic mass is 15.2. The molecule has 2 aromatic heterocycles. The zero-order valence-electron chi connectivity index (χ0n) is 11.2. The van der Waals surface area contributed by atoms with Gasteiger partial charge in [-0.2, -0.15) is 0 Å². The van der Waals surface area contributed by atoms with Crippen molar-refractivity contribution in [3.63, 3.8) is 0 Å². The van der Waals surface area contributed by atoms with Crippen LogP contribution in [0.1, 0.15) is 11.4 Å². The molecule has 0 bridgehead atoms. The Kier molecular flexibility index (Phi) is 2.53. The van der Waals surface area contributed by atoms with Crippen molar-refractivity contribution in [2.75, 3.05) is 11.4 Å². The molecule has 0 amide bonds. The number of aromatic nitrogens is 3. The minimum Gasteiger partial charge on any atom is -0.362 e. The van der Waals surface area contributed by atoms with E-state index in [4.69, 9.17) is 5.73 Å². The number of fused-ring (bicyclic) bond motifs is 2. The molecule has 3 N–H and O–H groups in total. The summed E-state index contributed by atoms with van der Waals surface area (Å²) < 4.78 is 2.22. The lowest BCUT2D eigenvalue weighted by molar-refractivity contribution is 0.569. The third-order valence-electron chi connectivity index (χ3n) is 4.09. The molecule has 0 atom stereocenters. The van der Waals surface area contributed by atoms with Crippen LogP contribution in [0.4, 0.5) is 5.69 Å². The van der Waals surface area contributed by atoms with Gasteiger partial charge in [-0.3, -0.25) is 0 Å².